The highest BCUT2D eigenvalue weighted by molar-refractivity contribution is 7.86. The number of benzene rings is 2. The average Bonchev–Trinajstić information content (AvgIpc) is 2.24. The van der Waals surface area contributed by atoms with Crippen LogP contribution in [0, 0.1) is 6.07 Å². The zero-order valence-corrected chi connectivity index (χ0v) is 10.4. The molecule has 2 rings (SSSR count). The van der Waals surface area contributed by atoms with Crippen LogP contribution < -0.4 is 0 Å². The number of hydrogen-bond donors (Lipinski definition) is 2. The van der Waals surface area contributed by atoms with Gasteiger partial charge in [-0.15, -0.1) is 0 Å². The Balaban J connectivity index is 3.01. The highest BCUT2D eigenvalue weighted by Gasteiger charge is 2.20. The van der Waals surface area contributed by atoms with E-state index in [1.165, 1.54) is 18.2 Å². The molecule has 0 atom stereocenters. The van der Waals surface area contributed by atoms with E-state index in [1.807, 2.05) is 0 Å². The van der Waals surface area contributed by atoms with Crippen LogP contribution in [0.15, 0.2) is 40.1 Å². The van der Waals surface area contributed by atoms with E-state index in [4.69, 9.17) is 9.11 Å². The van der Waals surface area contributed by atoms with Crippen LogP contribution >= 0.6 is 0 Å². The molecule has 0 aromatic heterocycles. The zero-order valence-electron chi connectivity index (χ0n) is 8.73. The fourth-order valence-electron chi connectivity index (χ4n) is 1.63. The van der Waals surface area contributed by atoms with Gasteiger partial charge < -0.3 is 0 Å². The second-order valence-electron chi connectivity index (χ2n) is 3.48. The van der Waals surface area contributed by atoms with Crippen molar-refractivity contribution in [2.24, 2.45) is 0 Å². The molecule has 2 N–H and O–H groups in total. The van der Waals surface area contributed by atoms with Gasteiger partial charge in [-0.25, -0.2) is 0 Å². The molecule has 18 heavy (non-hydrogen) atoms. The van der Waals surface area contributed by atoms with E-state index in [2.05, 4.69) is 6.07 Å². The molecule has 6 nitrogen and oxygen atoms in total. The first-order valence-corrected chi connectivity index (χ1v) is 7.47. The average molecular weight is 287 g/mol. The lowest BCUT2D eigenvalue weighted by Gasteiger charge is -2.07. The van der Waals surface area contributed by atoms with Crippen LogP contribution in [-0.2, 0) is 20.2 Å². The van der Waals surface area contributed by atoms with Gasteiger partial charge in [0.15, 0.2) is 0 Å². The van der Waals surface area contributed by atoms with E-state index < -0.39 is 30.0 Å². The van der Waals surface area contributed by atoms with E-state index in [1.54, 1.807) is 0 Å². The summed E-state index contributed by atoms with van der Waals surface area (Å²) in [4.78, 5) is -0.874. The normalized spacial score (nSPS) is 12.8. The third kappa shape index (κ3) is 2.23. The van der Waals surface area contributed by atoms with Gasteiger partial charge in [0.25, 0.3) is 20.2 Å². The summed E-state index contributed by atoms with van der Waals surface area (Å²) in [6, 6.07) is 8.27. The van der Waals surface area contributed by atoms with Gasteiger partial charge in [0.05, 0.1) is 0 Å². The molecule has 8 heteroatoms. The Kier molecular flexibility index (Phi) is 2.90. The first-order valence-electron chi connectivity index (χ1n) is 4.59. The van der Waals surface area contributed by atoms with Crippen molar-refractivity contribution in [3.05, 3.63) is 36.4 Å². The predicted octanol–water partition coefficient (Wildman–Crippen LogP) is 1.13. The highest BCUT2D eigenvalue weighted by Crippen LogP contribution is 2.28. The summed E-state index contributed by atoms with van der Waals surface area (Å²) in [5, 5.41) is -0.0403. The van der Waals surface area contributed by atoms with Gasteiger partial charge in [-0.1, -0.05) is 12.1 Å². The molecule has 95 valence electrons. The lowest BCUT2D eigenvalue weighted by molar-refractivity contribution is 0.480. The Morgan fingerprint density at radius 1 is 0.833 bits per heavy atom. The molecule has 2 aromatic carbocycles. The SMILES string of the molecule is O=S(=O)(O)c1ccc(S(=O)(=O)O)c2cc[c]cc12. The molecule has 0 saturated carbocycles. The van der Waals surface area contributed by atoms with Gasteiger partial charge in [-0.2, -0.15) is 16.8 Å². The maximum atomic E-state index is 11.1. The van der Waals surface area contributed by atoms with Gasteiger partial charge in [-0.05, 0) is 24.3 Å². The van der Waals surface area contributed by atoms with Crippen molar-refractivity contribution in [1.29, 1.82) is 0 Å². The van der Waals surface area contributed by atoms with Crippen molar-refractivity contribution in [1.82, 2.24) is 0 Å². The van der Waals surface area contributed by atoms with Crippen LogP contribution in [-0.4, -0.2) is 25.9 Å². The topological polar surface area (TPSA) is 109 Å². The molecule has 0 aliphatic carbocycles. The second kappa shape index (κ2) is 4.02. The fraction of sp³-hybridized carbons (Fsp3) is 0. The predicted molar refractivity (Wildman–Crippen MR) is 62.4 cm³/mol. The molecule has 0 aliphatic heterocycles. The molecule has 0 heterocycles. The Bertz CT molecular complexity index is 750. The lowest BCUT2D eigenvalue weighted by atomic mass is 10.1. The molecule has 0 aliphatic rings. The van der Waals surface area contributed by atoms with Crippen molar-refractivity contribution in [2.45, 2.75) is 9.79 Å². The van der Waals surface area contributed by atoms with E-state index in [-0.39, 0.29) is 10.8 Å². The molecule has 0 saturated heterocycles. The molecule has 2 aromatic rings. The molecule has 0 fully saturated rings. The van der Waals surface area contributed by atoms with Gasteiger partial charge >= 0.3 is 0 Å². The van der Waals surface area contributed by atoms with Crippen molar-refractivity contribution >= 4 is 31.0 Å². The maximum absolute atomic E-state index is 11.1. The minimum absolute atomic E-state index is 0.00799. The molecule has 0 unspecified atom stereocenters. The smallest absolute Gasteiger partial charge is 0.282 e. The van der Waals surface area contributed by atoms with Crippen molar-refractivity contribution in [2.75, 3.05) is 0 Å². The Labute approximate surface area is 103 Å². The molecule has 0 bridgehead atoms. The third-order valence-electron chi connectivity index (χ3n) is 2.34. The number of hydrogen-bond acceptors (Lipinski definition) is 4. The Morgan fingerprint density at radius 2 is 1.33 bits per heavy atom. The van der Waals surface area contributed by atoms with E-state index in [0.717, 1.165) is 12.1 Å². The third-order valence-corrected chi connectivity index (χ3v) is 4.16. The molecule has 1 radical (unpaired) electrons. The van der Waals surface area contributed by atoms with Crippen LogP contribution in [0.2, 0.25) is 0 Å². The summed E-state index contributed by atoms with van der Waals surface area (Å²) in [5.74, 6) is 0. The minimum atomic E-state index is -4.49. The van der Waals surface area contributed by atoms with Crippen LogP contribution in [0.5, 0.6) is 0 Å². The first-order chi connectivity index (χ1) is 8.21. The van der Waals surface area contributed by atoms with Crippen molar-refractivity contribution in [3.8, 4) is 0 Å². The first kappa shape index (κ1) is 13.0. The van der Waals surface area contributed by atoms with Gasteiger partial charge in [-0.3, -0.25) is 9.11 Å². The number of fused-ring (bicyclic) bond motifs is 1. The summed E-state index contributed by atoms with van der Waals surface area (Å²) in [5.41, 5.74) is 0. The standard InChI is InChI=1S/C10H7O6S2/c11-17(12,13)9-5-6-10(18(14,15)16)8-4-2-1-3-7(8)9/h1,3-6H,(H,11,12,13)(H,14,15,16). The Hall–Kier alpha value is -1.48. The summed E-state index contributed by atoms with van der Waals surface area (Å²) >= 11 is 0. The van der Waals surface area contributed by atoms with Gasteiger partial charge in [0.1, 0.15) is 9.79 Å². The molecular formula is C10H7O6S2. The monoisotopic (exact) mass is 287 g/mol. The summed E-state index contributed by atoms with van der Waals surface area (Å²) < 4.78 is 62.6. The quantitative estimate of drug-likeness (QED) is 0.801. The van der Waals surface area contributed by atoms with Crippen LogP contribution in [0.3, 0.4) is 0 Å². The summed E-state index contributed by atoms with van der Waals surface area (Å²) in [6.45, 7) is 0. The summed E-state index contributed by atoms with van der Waals surface area (Å²) in [6.07, 6.45) is 0. The van der Waals surface area contributed by atoms with Crippen LogP contribution in [0.4, 0.5) is 0 Å². The molecule has 0 amide bonds. The molecular weight excluding hydrogens is 280 g/mol. The van der Waals surface area contributed by atoms with Crippen molar-refractivity contribution < 1.29 is 25.9 Å². The van der Waals surface area contributed by atoms with Gasteiger partial charge in [0.2, 0.25) is 0 Å². The van der Waals surface area contributed by atoms with E-state index in [9.17, 15) is 16.8 Å². The van der Waals surface area contributed by atoms with Crippen molar-refractivity contribution in [3.63, 3.8) is 0 Å². The largest absolute Gasteiger partial charge is 0.295 e. The maximum Gasteiger partial charge on any atom is 0.295 e. The Morgan fingerprint density at radius 3 is 1.83 bits per heavy atom. The van der Waals surface area contributed by atoms with Crippen LogP contribution in [0.1, 0.15) is 0 Å². The van der Waals surface area contributed by atoms with E-state index in [0.29, 0.717) is 0 Å². The van der Waals surface area contributed by atoms with Gasteiger partial charge in [0, 0.05) is 10.8 Å². The van der Waals surface area contributed by atoms with Crippen LogP contribution in [0.25, 0.3) is 10.8 Å². The minimum Gasteiger partial charge on any atom is -0.282 e. The number of rotatable bonds is 2. The molecule has 0 spiro atoms. The second-order valence-corrected chi connectivity index (χ2v) is 6.26. The lowest BCUT2D eigenvalue weighted by Crippen LogP contribution is -2.03. The zero-order chi connectivity index (χ0) is 13.6. The fourth-order valence-corrected chi connectivity index (χ4v) is 3.01. The summed E-state index contributed by atoms with van der Waals surface area (Å²) in [7, 11) is -8.97. The van der Waals surface area contributed by atoms with E-state index >= 15 is 0 Å². The highest BCUT2D eigenvalue weighted by atomic mass is 32.2.